The van der Waals surface area contributed by atoms with Gasteiger partial charge in [-0.25, -0.2) is 17.2 Å². The van der Waals surface area contributed by atoms with Gasteiger partial charge in [-0.3, -0.25) is 4.72 Å². The molecule has 0 fully saturated rings. The Hall–Kier alpha value is -1.37. The van der Waals surface area contributed by atoms with Crippen molar-refractivity contribution in [2.75, 3.05) is 4.72 Å². The van der Waals surface area contributed by atoms with E-state index in [1.807, 2.05) is 4.72 Å². The number of hydrogen-bond donors (Lipinski definition) is 1. The fourth-order valence-corrected chi connectivity index (χ4v) is 3.11. The molecule has 0 heterocycles. The zero-order chi connectivity index (χ0) is 14.9. The van der Waals surface area contributed by atoms with E-state index in [4.69, 9.17) is 23.2 Å². The van der Waals surface area contributed by atoms with E-state index < -0.39 is 26.6 Å². The molecule has 0 aromatic heterocycles. The molecule has 0 bridgehead atoms. The van der Waals surface area contributed by atoms with Gasteiger partial charge in [0.1, 0.15) is 11.6 Å². The SMILES string of the molecule is O=S(=O)(Nc1cc(Cl)ccc1Cl)c1c(F)cccc1F. The number of hydrogen-bond acceptors (Lipinski definition) is 2. The summed E-state index contributed by atoms with van der Waals surface area (Å²) in [6.45, 7) is 0. The maximum Gasteiger partial charge on any atom is 0.267 e. The van der Waals surface area contributed by atoms with E-state index in [2.05, 4.69) is 0 Å². The van der Waals surface area contributed by atoms with Gasteiger partial charge in [0.25, 0.3) is 10.0 Å². The van der Waals surface area contributed by atoms with Crippen molar-refractivity contribution < 1.29 is 17.2 Å². The Morgan fingerprint density at radius 1 is 1.00 bits per heavy atom. The molecule has 0 aliphatic carbocycles. The predicted molar refractivity (Wildman–Crippen MR) is 73.6 cm³/mol. The Labute approximate surface area is 124 Å². The van der Waals surface area contributed by atoms with E-state index in [1.54, 1.807) is 0 Å². The zero-order valence-corrected chi connectivity index (χ0v) is 12.0. The lowest BCUT2D eigenvalue weighted by Crippen LogP contribution is -2.16. The van der Waals surface area contributed by atoms with E-state index >= 15 is 0 Å². The molecule has 20 heavy (non-hydrogen) atoms. The van der Waals surface area contributed by atoms with Crippen LogP contribution in [0.1, 0.15) is 0 Å². The summed E-state index contributed by atoms with van der Waals surface area (Å²) in [5, 5.41) is 0.274. The van der Waals surface area contributed by atoms with Gasteiger partial charge in [-0.2, -0.15) is 0 Å². The predicted octanol–water partition coefficient (Wildman–Crippen LogP) is 4.07. The molecule has 0 unspecified atom stereocenters. The van der Waals surface area contributed by atoms with Crippen LogP contribution in [0, 0.1) is 11.6 Å². The molecule has 0 radical (unpaired) electrons. The van der Waals surface area contributed by atoms with Crippen molar-refractivity contribution in [1.29, 1.82) is 0 Å². The first-order chi connectivity index (χ1) is 9.31. The van der Waals surface area contributed by atoms with Crippen LogP contribution in [0.2, 0.25) is 10.0 Å². The molecule has 8 heteroatoms. The number of halogens is 4. The third-order valence-corrected chi connectivity index (χ3v) is 4.34. The van der Waals surface area contributed by atoms with Crippen LogP contribution in [0.25, 0.3) is 0 Å². The van der Waals surface area contributed by atoms with Crippen LogP contribution >= 0.6 is 23.2 Å². The molecule has 2 aromatic carbocycles. The van der Waals surface area contributed by atoms with Crippen LogP contribution in [0.5, 0.6) is 0 Å². The number of nitrogens with one attached hydrogen (secondary N) is 1. The molecular weight excluding hydrogens is 331 g/mol. The first kappa shape index (κ1) is 15.0. The minimum absolute atomic E-state index is 0.0507. The summed E-state index contributed by atoms with van der Waals surface area (Å²) in [5.41, 5.74) is -0.0678. The minimum atomic E-state index is -4.46. The van der Waals surface area contributed by atoms with Gasteiger partial charge in [0.2, 0.25) is 0 Å². The molecule has 1 N–H and O–H groups in total. The van der Waals surface area contributed by atoms with Gasteiger partial charge in [0, 0.05) is 5.02 Å². The van der Waals surface area contributed by atoms with E-state index in [1.165, 1.54) is 18.2 Å². The lowest BCUT2D eigenvalue weighted by Gasteiger charge is -2.11. The minimum Gasteiger partial charge on any atom is -0.278 e. The molecule has 0 spiro atoms. The van der Waals surface area contributed by atoms with Crippen LogP contribution in [0.3, 0.4) is 0 Å². The van der Waals surface area contributed by atoms with Gasteiger partial charge in [0.05, 0.1) is 10.7 Å². The van der Waals surface area contributed by atoms with Gasteiger partial charge in [0.15, 0.2) is 4.90 Å². The highest BCUT2D eigenvalue weighted by atomic mass is 35.5. The molecule has 2 rings (SSSR count). The Kier molecular flexibility index (Phi) is 4.17. The van der Waals surface area contributed by atoms with Crippen molar-refractivity contribution in [3.8, 4) is 0 Å². The molecule has 0 saturated heterocycles. The number of rotatable bonds is 3. The van der Waals surface area contributed by atoms with Gasteiger partial charge < -0.3 is 0 Å². The molecule has 106 valence electrons. The molecule has 0 atom stereocenters. The highest BCUT2D eigenvalue weighted by molar-refractivity contribution is 7.92. The Balaban J connectivity index is 2.49. The molecular formula is C12H7Cl2F2NO2S. The number of benzene rings is 2. The second kappa shape index (κ2) is 5.55. The third kappa shape index (κ3) is 3.03. The summed E-state index contributed by atoms with van der Waals surface area (Å²) in [4.78, 5) is -1.07. The molecule has 2 aromatic rings. The maximum absolute atomic E-state index is 13.5. The molecule has 3 nitrogen and oxygen atoms in total. The first-order valence-corrected chi connectivity index (χ1v) is 7.47. The van der Waals surface area contributed by atoms with Gasteiger partial charge in [-0.1, -0.05) is 29.3 Å². The number of anilines is 1. The van der Waals surface area contributed by atoms with Gasteiger partial charge >= 0.3 is 0 Å². The largest absolute Gasteiger partial charge is 0.278 e. The summed E-state index contributed by atoms with van der Waals surface area (Å²) in [6, 6.07) is 6.80. The Bertz CT molecular complexity index is 746. The lowest BCUT2D eigenvalue weighted by molar-refractivity contribution is 0.521. The highest BCUT2D eigenvalue weighted by Crippen LogP contribution is 2.29. The van der Waals surface area contributed by atoms with Crippen molar-refractivity contribution in [3.05, 3.63) is 58.1 Å². The fraction of sp³-hybridized carbons (Fsp3) is 0. The summed E-state index contributed by atoms with van der Waals surface area (Å²) in [5.74, 6) is -2.40. The number of sulfonamides is 1. The summed E-state index contributed by atoms with van der Waals surface area (Å²) < 4.78 is 53.0. The van der Waals surface area contributed by atoms with Crippen LogP contribution in [-0.2, 0) is 10.0 Å². The standard InChI is InChI=1S/C12H7Cl2F2NO2S/c13-7-4-5-8(14)11(6-7)17-20(18,19)12-9(15)2-1-3-10(12)16/h1-6,17H. The van der Waals surface area contributed by atoms with Crippen LogP contribution in [0.4, 0.5) is 14.5 Å². The third-order valence-electron chi connectivity index (χ3n) is 2.36. The van der Waals surface area contributed by atoms with E-state index in [0.717, 1.165) is 18.2 Å². The average Bonchev–Trinajstić information content (AvgIpc) is 2.33. The van der Waals surface area contributed by atoms with Crippen molar-refractivity contribution in [1.82, 2.24) is 0 Å². The van der Waals surface area contributed by atoms with Crippen molar-refractivity contribution in [3.63, 3.8) is 0 Å². The first-order valence-electron chi connectivity index (χ1n) is 5.23. The highest BCUT2D eigenvalue weighted by Gasteiger charge is 2.24. The van der Waals surface area contributed by atoms with Crippen LogP contribution < -0.4 is 4.72 Å². The molecule has 0 aliphatic heterocycles. The topological polar surface area (TPSA) is 46.2 Å². The second-order valence-corrected chi connectivity index (χ2v) is 6.24. The summed E-state index contributed by atoms with van der Waals surface area (Å²) in [7, 11) is -4.46. The van der Waals surface area contributed by atoms with Crippen molar-refractivity contribution in [2.24, 2.45) is 0 Å². The monoisotopic (exact) mass is 337 g/mol. The quantitative estimate of drug-likeness (QED) is 0.917. The van der Waals surface area contributed by atoms with Crippen LogP contribution in [-0.4, -0.2) is 8.42 Å². The van der Waals surface area contributed by atoms with E-state index in [0.29, 0.717) is 0 Å². The van der Waals surface area contributed by atoms with Crippen molar-refractivity contribution >= 4 is 38.9 Å². The van der Waals surface area contributed by atoms with Crippen molar-refractivity contribution in [2.45, 2.75) is 4.90 Å². The molecule has 0 amide bonds. The van der Waals surface area contributed by atoms with Gasteiger partial charge in [-0.15, -0.1) is 0 Å². The fourth-order valence-electron chi connectivity index (χ4n) is 1.51. The lowest BCUT2D eigenvalue weighted by atomic mass is 10.3. The molecule has 0 aliphatic rings. The van der Waals surface area contributed by atoms with Crippen LogP contribution in [0.15, 0.2) is 41.3 Å². The smallest absolute Gasteiger partial charge is 0.267 e. The summed E-state index contributed by atoms with van der Waals surface area (Å²) in [6.07, 6.45) is 0. The van der Waals surface area contributed by atoms with E-state index in [-0.39, 0.29) is 15.7 Å². The Morgan fingerprint density at radius 3 is 2.20 bits per heavy atom. The summed E-state index contributed by atoms with van der Waals surface area (Å²) >= 11 is 11.5. The van der Waals surface area contributed by atoms with E-state index in [9.17, 15) is 17.2 Å². The molecule has 0 saturated carbocycles. The van der Waals surface area contributed by atoms with Gasteiger partial charge in [-0.05, 0) is 30.3 Å². The normalized spacial score (nSPS) is 11.4. The average molecular weight is 338 g/mol. The second-order valence-electron chi connectivity index (χ2n) is 3.78. The Morgan fingerprint density at radius 2 is 1.60 bits per heavy atom. The maximum atomic E-state index is 13.5. The zero-order valence-electron chi connectivity index (χ0n) is 9.70.